The van der Waals surface area contributed by atoms with Crippen molar-refractivity contribution in [2.45, 2.75) is 0 Å². The number of nitrogens with zero attached hydrogens (tertiary/aromatic N) is 1. The molecule has 38 valence electrons. The Kier molecular flexibility index (Phi) is 14.0. The van der Waals surface area contributed by atoms with E-state index in [4.69, 9.17) is 5.41 Å². The van der Waals surface area contributed by atoms with Crippen molar-refractivity contribution in [3.05, 3.63) is 28.3 Å². The Balaban J connectivity index is 0. The molecule has 0 saturated carbocycles. The Morgan fingerprint density at radius 2 is 2.12 bits per heavy atom. The van der Waals surface area contributed by atoms with Crippen molar-refractivity contribution in [2.24, 2.45) is 0 Å². The first-order chi connectivity index (χ1) is 3.50. The summed E-state index contributed by atoms with van der Waals surface area (Å²) in [5.74, 6) is 0. The van der Waals surface area contributed by atoms with Crippen molar-refractivity contribution in [1.82, 2.24) is 0 Å². The van der Waals surface area contributed by atoms with Crippen molar-refractivity contribution < 1.29 is 0 Å². The average molecular weight is 135 g/mol. The van der Waals surface area contributed by atoms with Crippen LogP contribution in [-0.4, -0.2) is 29.8 Å². The largest absolute Gasteiger partial charge is 2.00 e. The summed E-state index contributed by atoms with van der Waals surface area (Å²) in [7, 11) is 0. The average Bonchev–Trinajstić information content (AvgIpc) is 2.23. The Hall–Kier alpha value is 0.136. The van der Waals surface area contributed by atoms with Crippen molar-refractivity contribution in [2.75, 3.05) is 0 Å². The van der Waals surface area contributed by atoms with Crippen LogP contribution >= 0.6 is 11.3 Å². The second-order valence-corrected chi connectivity index (χ2v) is 1.47. The molecule has 0 aliphatic rings. The minimum absolute atomic E-state index is 0. The van der Waals surface area contributed by atoms with E-state index < -0.39 is 0 Å². The maximum absolute atomic E-state index is 6.75. The molecule has 0 aromatic carbocycles. The summed E-state index contributed by atoms with van der Waals surface area (Å²) in [5, 5.41) is 11.6. The van der Waals surface area contributed by atoms with Gasteiger partial charge in [-0.3, -0.25) is 0 Å². The molecule has 1 rings (SSSR count). The Labute approximate surface area is 69.4 Å². The van der Waals surface area contributed by atoms with Gasteiger partial charge in [0.2, 0.25) is 0 Å². The molecule has 0 atom stereocenters. The maximum atomic E-state index is 6.75. The molecular weight excluding hydrogens is 130 g/mol. The van der Waals surface area contributed by atoms with Crippen LogP contribution in [0.2, 0.25) is 0 Å². The Morgan fingerprint density at radius 1 is 1.50 bits per heavy atom. The second-order valence-electron chi connectivity index (χ2n) is 0.731. The number of hydrogen-bond acceptors (Lipinski definition) is 1. The molecule has 1 aromatic heterocycles. The molecule has 1 aromatic rings. The molecule has 1 nitrogen and oxygen atoms in total. The van der Waals surface area contributed by atoms with Gasteiger partial charge in [0.15, 0.2) is 0 Å². The maximum Gasteiger partial charge on any atom is 2.00 e. The van der Waals surface area contributed by atoms with Gasteiger partial charge in [0.25, 0.3) is 0 Å². The second kappa shape index (κ2) is 10.2. The van der Waals surface area contributed by atoms with Gasteiger partial charge in [-0.1, -0.05) is 0 Å². The predicted molar refractivity (Wildman–Crippen MR) is 39.4 cm³/mol. The van der Waals surface area contributed by atoms with Gasteiger partial charge in [0.1, 0.15) is 0 Å². The molecule has 0 bridgehead atoms. The first kappa shape index (κ1) is 11.0. The zero-order chi connectivity index (χ0) is 5.54. The summed E-state index contributed by atoms with van der Waals surface area (Å²) in [4.78, 5) is 0. The molecule has 0 aliphatic carbocycles. The summed E-state index contributed by atoms with van der Waals surface area (Å²) in [6, 6.07) is 3.86. The summed E-state index contributed by atoms with van der Waals surface area (Å²) in [6.07, 6.45) is 0. The first-order valence-corrected chi connectivity index (χ1v) is 2.59. The summed E-state index contributed by atoms with van der Waals surface area (Å²) < 4.78 is 0. The molecule has 0 spiro atoms. The number of rotatable bonds is 0. The van der Waals surface area contributed by atoms with Gasteiger partial charge in [0, 0.05) is 0 Å². The van der Waals surface area contributed by atoms with Gasteiger partial charge < -0.3 is 16.7 Å². The summed E-state index contributed by atoms with van der Waals surface area (Å²) in [5.41, 5.74) is 0. The van der Waals surface area contributed by atoms with E-state index in [1.165, 1.54) is 0 Å². The SMILES string of the molecule is C=[N-].[Mg+2].[c-]1cccs1. The van der Waals surface area contributed by atoms with Crippen LogP contribution in [0.25, 0.3) is 5.41 Å². The van der Waals surface area contributed by atoms with Crippen molar-refractivity contribution in [3.63, 3.8) is 0 Å². The van der Waals surface area contributed by atoms with Crippen LogP contribution in [0.5, 0.6) is 0 Å². The van der Waals surface area contributed by atoms with Gasteiger partial charge in [-0.25, -0.2) is 12.8 Å². The molecule has 0 unspecified atom stereocenters. The van der Waals surface area contributed by atoms with Gasteiger partial charge in [0.05, 0.1) is 0 Å². The Bertz CT molecular complexity index is 79.3. The zero-order valence-corrected chi connectivity index (χ0v) is 6.73. The van der Waals surface area contributed by atoms with Crippen LogP contribution in [0.4, 0.5) is 0 Å². The predicted octanol–water partition coefficient (Wildman–Crippen LogP) is 1.42. The molecule has 0 saturated heterocycles. The molecule has 3 heteroatoms. The van der Waals surface area contributed by atoms with Crippen LogP contribution in [0.1, 0.15) is 0 Å². The smallest absolute Gasteiger partial charge is 0.817 e. The fourth-order valence-electron chi connectivity index (χ4n) is 0.196. The molecule has 0 N–H and O–H groups in total. The summed E-state index contributed by atoms with van der Waals surface area (Å²) >= 11 is 1.59. The topological polar surface area (TPSA) is 22.3 Å². The van der Waals surface area contributed by atoms with E-state index in [0.717, 1.165) is 0 Å². The number of thiophene rings is 1. The third-order valence-corrected chi connectivity index (χ3v) is 0.944. The van der Waals surface area contributed by atoms with Crippen LogP contribution < -0.4 is 0 Å². The van der Waals surface area contributed by atoms with Crippen molar-refractivity contribution in [3.8, 4) is 0 Å². The summed E-state index contributed by atoms with van der Waals surface area (Å²) in [6.45, 7) is 2.25. The van der Waals surface area contributed by atoms with Crippen LogP contribution in [0.15, 0.2) is 17.5 Å². The fourth-order valence-corrected chi connectivity index (χ4v) is 0.589. The quantitative estimate of drug-likeness (QED) is 0.292. The standard InChI is InChI=1S/C4H3S.CH2N.Mg/c1-2-4-5-3-1;1-2;/h1-3H;1H2;/q2*-1;+2. The Morgan fingerprint density at radius 3 is 2.25 bits per heavy atom. The first-order valence-electron chi connectivity index (χ1n) is 1.71. The van der Waals surface area contributed by atoms with Crippen LogP contribution in [0, 0.1) is 5.38 Å². The monoisotopic (exact) mass is 135 g/mol. The third-order valence-electron chi connectivity index (χ3n) is 0.379. The van der Waals surface area contributed by atoms with Crippen LogP contribution in [0.3, 0.4) is 0 Å². The van der Waals surface area contributed by atoms with Gasteiger partial charge in [-0.05, 0) is 0 Å². The van der Waals surface area contributed by atoms with E-state index in [1.807, 2.05) is 17.5 Å². The van der Waals surface area contributed by atoms with E-state index in [2.05, 4.69) is 12.1 Å². The minimum Gasteiger partial charge on any atom is -0.817 e. The van der Waals surface area contributed by atoms with E-state index in [1.54, 1.807) is 11.3 Å². The zero-order valence-electron chi connectivity index (χ0n) is 4.50. The van der Waals surface area contributed by atoms with Crippen molar-refractivity contribution in [1.29, 1.82) is 0 Å². The van der Waals surface area contributed by atoms with Gasteiger partial charge in [-0.2, -0.15) is 11.4 Å². The van der Waals surface area contributed by atoms with Crippen LogP contribution in [-0.2, 0) is 0 Å². The van der Waals surface area contributed by atoms with E-state index in [0.29, 0.717) is 0 Å². The van der Waals surface area contributed by atoms with E-state index >= 15 is 0 Å². The molecule has 0 aliphatic heterocycles. The molecular formula is C5H5MgNS. The fraction of sp³-hybridized carbons (Fsp3) is 0. The molecule has 0 amide bonds. The molecule has 1 heterocycles. The number of hydrogen-bond donors (Lipinski definition) is 0. The third kappa shape index (κ3) is 6.14. The van der Waals surface area contributed by atoms with Crippen molar-refractivity contribution >= 4 is 41.1 Å². The molecule has 8 heavy (non-hydrogen) atoms. The molecule has 0 fully saturated rings. The van der Waals surface area contributed by atoms with Gasteiger partial charge >= 0.3 is 23.1 Å². The minimum atomic E-state index is 0. The van der Waals surface area contributed by atoms with E-state index in [9.17, 15) is 0 Å². The van der Waals surface area contributed by atoms with E-state index in [-0.39, 0.29) is 23.1 Å². The molecule has 0 radical (unpaired) electrons. The van der Waals surface area contributed by atoms with Gasteiger partial charge in [-0.15, -0.1) is 5.38 Å². The normalized spacial score (nSPS) is 5.50.